The van der Waals surface area contributed by atoms with Gasteiger partial charge in [-0.05, 0) is 57.2 Å². The first-order chi connectivity index (χ1) is 15.3. The van der Waals surface area contributed by atoms with Crippen LogP contribution >= 0.6 is 11.6 Å². The molecule has 4 aromatic rings. The molecule has 10 heteroatoms. The Balaban J connectivity index is 1.44. The molecule has 9 nitrogen and oxygen atoms in total. The number of nitrogens with one attached hydrogen (secondary N) is 1. The Labute approximate surface area is 188 Å². The molecule has 1 amide bonds. The smallest absolute Gasteiger partial charge is 0.338 e. The summed E-state index contributed by atoms with van der Waals surface area (Å²) in [5.41, 5.74) is 3.19. The Kier molecular flexibility index (Phi) is 5.83. The number of ether oxygens (including phenoxy) is 1. The number of nitrogens with zero attached hydrogens (tertiary/aromatic N) is 5. The largest absolute Gasteiger partial charge is 0.452 e. The van der Waals surface area contributed by atoms with Crippen LogP contribution in [0.1, 0.15) is 27.4 Å². The molecule has 0 bridgehead atoms. The van der Waals surface area contributed by atoms with Crippen LogP contribution in [0.15, 0.2) is 42.5 Å². The van der Waals surface area contributed by atoms with Gasteiger partial charge in [0.15, 0.2) is 6.61 Å². The number of benzene rings is 1. The number of hydrogen-bond acceptors (Lipinski definition) is 7. The number of pyridine rings is 1. The third kappa shape index (κ3) is 4.73. The van der Waals surface area contributed by atoms with Crippen molar-refractivity contribution in [3.05, 3.63) is 70.3 Å². The SMILES string of the molecule is Cc1cc(C)nc(-n2nc(C)cc2NC(=O)COC(=O)c2ccc3nc(Cl)ccc3c2)n1. The second-order valence-corrected chi connectivity index (χ2v) is 7.59. The van der Waals surface area contributed by atoms with Gasteiger partial charge in [-0.1, -0.05) is 11.6 Å². The lowest BCUT2D eigenvalue weighted by Crippen LogP contribution is -2.22. The second-order valence-electron chi connectivity index (χ2n) is 7.20. The zero-order chi connectivity index (χ0) is 22.8. The fourth-order valence-electron chi connectivity index (χ4n) is 3.16. The highest BCUT2D eigenvalue weighted by atomic mass is 35.5. The van der Waals surface area contributed by atoms with Gasteiger partial charge in [-0.2, -0.15) is 9.78 Å². The summed E-state index contributed by atoms with van der Waals surface area (Å²) in [6.45, 7) is 5.03. The molecule has 3 heterocycles. The van der Waals surface area contributed by atoms with Gasteiger partial charge in [-0.25, -0.2) is 19.7 Å². The van der Waals surface area contributed by atoms with E-state index in [9.17, 15) is 9.59 Å². The molecule has 0 saturated carbocycles. The van der Waals surface area contributed by atoms with E-state index in [1.54, 1.807) is 43.3 Å². The van der Waals surface area contributed by atoms with E-state index in [1.165, 1.54) is 4.68 Å². The minimum Gasteiger partial charge on any atom is -0.452 e. The van der Waals surface area contributed by atoms with E-state index in [4.69, 9.17) is 16.3 Å². The van der Waals surface area contributed by atoms with Crippen molar-refractivity contribution in [2.75, 3.05) is 11.9 Å². The lowest BCUT2D eigenvalue weighted by molar-refractivity contribution is -0.119. The average Bonchev–Trinajstić information content (AvgIpc) is 3.10. The molecule has 1 N–H and O–H groups in total. The number of carbonyl (C=O) groups excluding carboxylic acids is 2. The molecule has 0 atom stereocenters. The monoisotopic (exact) mass is 450 g/mol. The Morgan fingerprint density at radius 2 is 1.72 bits per heavy atom. The highest BCUT2D eigenvalue weighted by Crippen LogP contribution is 2.18. The molecule has 32 heavy (non-hydrogen) atoms. The maximum Gasteiger partial charge on any atom is 0.338 e. The summed E-state index contributed by atoms with van der Waals surface area (Å²) in [5, 5.41) is 8.14. The van der Waals surface area contributed by atoms with Gasteiger partial charge in [0.25, 0.3) is 11.9 Å². The van der Waals surface area contributed by atoms with Crippen LogP contribution in [-0.4, -0.2) is 43.2 Å². The molecule has 4 rings (SSSR count). The van der Waals surface area contributed by atoms with E-state index in [-0.39, 0.29) is 0 Å². The quantitative estimate of drug-likeness (QED) is 0.365. The highest BCUT2D eigenvalue weighted by Gasteiger charge is 2.16. The van der Waals surface area contributed by atoms with Crippen molar-refractivity contribution in [3.63, 3.8) is 0 Å². The number of fused-ring (bicyclic) bond motifs is 1. The predicted octanol–water partition coefficient (Wildman–Crippen LogP) is 3.58. The van der Waals surface area contributed by atoms with Crippen LogP contribution in [-0.2, 0) is 9.53 Å². The molecular formula is C22H19ClN6O3. The van der Waals surface area contributed by atoms with Crippen molar-refractivity contribution < 1.29 is 14.3 Å². The number of anilines is 1. The minimum absolute atomic E-state index is 0.305. The van der Waals surface area contributed by atoms with Gasteiger partial charge in [-0.15, -0.1) is 0 Å². The van der Waals surface area contributed by atoms with Crippen molar-refractivity contribution >= 4 is 40.2 Å². The van der Waals surface area contributed by atoms with Crippen molar-refractivity contribution in [1.29, 1.82) is 0 Å². The van der Waals surface area contributed by atoms with Crippen LogP contribution in [0.5, 0.6) is 0 Å². The summed E-state index contributed by atoms with van der Waals surface area (Å²) in [6.07, 6.45) is 0. The minimum atomic E-state index is -0.626. The topological polar surface area (TPSA) is 112 Å². The van der Waals surface area contributed by atoms with Crippen molar-refractivity contribution in [1.82, 2.24) is 24.7 Å². The van der Waals surface area contributed by atoms with Crippen LogP contribution in [0, 0.1) is 20.8 Å². The Morgan fingerprint density at radius 3 is 2.47 bits per heavy atom. The Bertz CT molecular complexity index is 1330. The van der Waals surface area contributed by atoms with E-state index in [0.29, 0.717) is 33.7 Å². The third-order valence-corrected chi connectivity index (χ3v) is 4.69. The van der Waals surface area contributed by atoms with Crippen LogP contribution < -0.4 is 5.32 Å². The number of esters is 1. The maximum absolute atomic E-state index is 12.4. The van der Waals surface area contributed by atoms with Crippen LogP contribution in [0.4, 0.5) is 5.82 Å². The molecule has 0 spiro atoms. The molecule has 0 aliphatic rings. The van der Waals surface area contributed by atoms with Gasteiger partial charge in [0, 0.05) is 22.8 Å². The zero-order valence-electron chi connectivity index (χ0n) is 17.6. The summed E-state index contributed by atoms with van der Waals surface area (Å²) >= 11 is 5.88. The van der Waals surface area contributed by atoms with Crippen molar-refractivity contribution in [2.24, 2.45) is 0 Å². The first kappa shape index (κ1) is 21.4. The van der Waals surface area contributed by atoms with E-state index >= 15 is 0 Å². The molecule has 0 saturated heterocycles. The molecule has 162 valence electrons. The number of amides is 1. The average molecular weight is 451 g/mol. The second kappa shape index (κ2) is 8.72. The zero-order valence-corrected chi connectivity index (χ0v) is 18.3. The normalized spacial score (nSPS) is 10.9. The third-order valence-electron chi connectivity index (χ3n) is 4.48. The fourth-order valence-corrected chi connectivity index (χ4v) is 3.32. The fraction of sp³-hybridized carbons (Fsp3) is 0.182. The number of carbonyl (C=O) groups is 2. The number of aromatic nitrogens is 5. The number of halogens is 1. The van der Waals surface area contributed by atoms with E-state index in [0.717, 1.165) is 16.8 Å². The number of aryl methyl sites for hydroxylation is 3. The summed E-state index contributed by atoms with van der Waals surface area (Å²) in [6, 6.07) is 11.8. The van der Waals surface area contributed by atoms with E-state index < -0.39 is 18.5 Å². The van der Waals surface area contributed by atoms with Gasteiger partial charge < -0.3 is 10.1 Å². The van der Waals surface area contributed by atoms with Crippen LogP contribution in [0.3, 0.4) is 0 Å². The molecule has 0 fully saturated rings. The van der Waals surface area contributed by atoms with Crippen molar-refractivity contribution in [2.45, 2.75) is 20.8 Å². The van der Waals surface area contributed by atoms with E-state index in [1.807, 2.05) is 19.9 Å². The number of hydrogen-bond donors (Lipinski definition) is 1. The molecule has 0 aliphatic heterocycles. The Hall–Kier alpha value is -3.85. The lowest BCUT2D eigenvalue weighted by Gasteiger charge is -2.09. The van der Waals surface area contributed by atoms with Crippen molar-refractivity contribution in [3.8, 4) is 5.95 Å². The first-order valence-corrected chi connectivity index (χ1v) is 10.1. The highest BCUT2D eigenvalue weighted by molar-refractivity contribution is 6.29. The van der Waals surface area contributed by atoms with Gasteiger partial charge in [-0.3, -0.25) is 4.79 Å². The first-order valence-electron chi connectivity index (χ1n) is 9.71. The van der Waals surface area contributed by atoms with Gasteiger partial charge in [0.1, 0.15) is 11.0 Å². The molecule has 3 aromatic heterocycles. The number of rotatable bonds is 5. The maximum atomic E-state index is 12.4. The van der Waals surface area contributed by atoms with Gasteiger partial charge in [0.05, 0.1) is 16.8 Å². The summed E-state index contributed by atoms with van der Waals surface area (Å²) in [4.78, 5) is 37.7. The molecule has 0 aliphatic carbocycles. The lowest BCUT2D eigenvalue weighted by atomic mass is 10.1. The standard InChI is InChI=1S/C22H19ClN6O3/c1-12-8-13(2)25-22(24-12)29-19(9-14(3)28-29)27-20(30)11-32-21(31)16-4-6-17-15(10-16)5-7-18(23)26-17/h4-10H,11H2,1-3H3,(H,27,30). The molecule has 0 radical (unpaired) electrons. The molecule has 0 unspecified atom stereocenters. The van der Waals surface area contributed by atoms with Gasteiger partial charge >= 0.3 is 5.97 Å². The summed E-state index contributed by atoms with van der Waals surface area (Å²) < 4.78 is 6.61. The van der Waals surface area contributed by atoms with Crippen LogP contribution in [0.2, 0.25) is 5.15 Å². The molecule has 1 aromatic carbocycles. The van der Waals surface area contributed by atoms with Crippen LogP contribution in [0.25, 0.3) is 16.9 Å². The van der Waals surface area contributed by atoms with Gasteiger partial charge in [0.2, 0.25) is 0 Å². The predicted molar refractivity (Wildman–Crippen MR) is 119 cm³/mol. The summed E-state index contributed by atoms with van der Waals surface area (Å²) in [5.74, 6) is -0.424. The Morgan fingerprint density at radius 1 is 0.969 bits per heavy atom. The van der Waals surface area contributed by atoms with E-state index in [2.05, 4.69) is 25.4 Å². The summed E-state index contributed by atoms with van der Waals surface area (Å²) in [7, 11) is 0. The molecular weight excluding hydrogens is 432 g/mol.